The molecule has 1 fully saturated rings. The lowest BCUT2D eigenvalue weighted by atomic mass is 9.99. The number of urea groups is 1. The predicted octanol–water partition coefficient (Wildman–Crippen LogP) is 5.84. The molecule has 4 aromatic carbocycles. The van der Waals surface area contributed by atoms with Crippen LogP contribution in [0.1, 0.15) is 22.3 Å². The molecule has 6 nitrogen and oxygen atoms in total. The lowest BCUT2D eigenvalue weighted by Crippen LogP contribution is -2.54. The van der Waals surface area contributed by atoms with Gasteiger partial charge >= 0.3 is 6.03 Å². The molecule has 37 heavy (non-hydrogen) atoms. The fourth-order valence-electron chi connectivity index (χ4n) is 4.27. The zero-order chi connectivity index (χ0) is 26.1. The van der Waals surface area contributed by atoms with Gasteiger partial charge in [0.2, 0.25) is 0 Å². The van der Waals surface area contributed by atoms with Crippen molar-refractivity contribution in [3.8, 4) is 5.75 Å². The molecule has 0 radical (unpaired) electrons. The van der Waals surface area contributed by atoms with Crippen molar-refractivity contribution >= 4 is 40.4 Å². The Morgan fingerprint density at radius 3 is 2.46 bits per heavy atom. The van der Waals surface area contributed by atoms with Crippen molar-refractivity contribution in [3.63, 3.8) is 0 Å². The van der Waals surface area contributed by atoms with Crippen molar-refractivity contribution in [2.24, 2.45) is 0 Å². The van der Waals surface area contributed by atoms with Crippen molar-refractivity contribution in [3.05, 3.63) is 113 Å². The zero-order valence-corrected chi connectivity index (χ0v) is 20.2. The SMILES string of the molecule is Cc1ccc(C)c(N2C(=O)NC(=O)/C(=C\c3c(OCc4ccc(F)cc4)ccc4ccccc34)C2=O)c1. The van der Waals surface area contributed by atoms with E-state index in [4.69, 9.17) is 4.74 Å². The number of ether oxygens (including phenoxy) is 1. The fraction of sp³-hybridized carbons (Fsp3) is 0.100. The van der Waals surface area contributed by atoms with Gasteiger partial charge in [-0.2, -0.15) is 0 Å². The quantitative estimate of drug-likeness (QED) is 0.279. The molecule has 1 saturated heterocycles. The Labute approximate surface area is 213 Å². The van der Waals surface area contributed by atoms with E-state index in [1.165, 1.54) is 18.2 Å². The van der Waals surface area contributed by atoms with Gasteiger partial charge in [0.15, 0.2) is 0 Å². The number of rotatable bonds is 5. The second kappa shape index (κ2) is 9.70. The molecule has 1 aliphatic heterocycles. The normalized spacial score (nSPS) is 14.8. The van der Waals surface area contributed by atoms with Crippen LogP contribution in [0.25, 0.3) is 16.8 Å². The molecule has 1 heterocycles. The number of imide groups is 2. The minimum Gasteiger partial charge on any atom is -0.488 e. The van der Waals surface area contributed by atoms with Gasteiger partial charge in [-0.25, -0.2) is 14.1 Å². The Morgan fingerprint density at radius 2 is 1.68 bits per heavy atom. The van der Waals surface area contributed by atoms with Gasteiger partial charge < -0.3 is 4.74 Å². The van der Waals surface area contributed by atoms with Crippen LogP contribution in [-0.2, 0) is 16.2 Å². The summed E-state index contributed by atoms with van der Waals surface area (Å²) >= 11 is 0. The summed E-state index contributed by atoms with van der Waals surface area (Å²) in [6, 6.07) is 21.7. The summed E-state index contributed by atoms with van der Waals surface area (Å²) in [7, 11) is 0. The number of aryl methyl sites for hydroxylation is 2. The largest absolute Gasteiger partial charge is 0.488 e. The first kappa shape index (κ1) is 23.9. The number of benzene rings is 4. The van der Waals surface area contributed by atoms with E-state index in [9.17, 15) is 18.8 Å². The molecule has 1 aliphatic rings. The van der Waals surface area contributed by atoms with Crippen LogP contribution in [0.5, 0.6) is 5.75 Å². The molecule has 4 aromatic rings. The highest BCUT2D eigenvalue weighted by atomic mass is 19.1. The van der Waals surface area contributed by atoms with Gasteiger partial charge in [-0.3, -0.25) is 14.9 Å². The number of halogens is 1. The molecule has 5 rings (SSSR count). The highest BCUT2D eigenvalue weighted by molar-refractivity contribution is 6.39. The van der Waals surface area contributed by atoms with Gasteiger partial charge in [0, 0.05) is 5.56 Å². The van der Waals surface area contributed by atoms with E-state index in [1.807, 2.05) is 49.4 Å². The Kier molecular flexibility index (Phi) is 6.27. The number of nitrogens with one attached hydrogen (secondary N) is 1. The smallest absolute Gasteiger partial charge is 0.335 e. The molecule has 0 unspecified atom stereocenters. The number of carbonyl (C=O) groups excluding carboxylic acids is 3. The molecule has 0 bridgehead atoms. The first-order valence-corrected chi connectivity index (χ1v) is 11.7. The number of carbonyl (C=O) groups is 3. The molecule has 7 heteroatoms. The Morgan fingerprint density at radius 1 is 0.919 bits per heavy atom. The number of hydrogen-bond acceptors (Lipinski definition) is 4. The monoisotopic (exact) mass is 494 g/mol. The van der Waals surface area contributed by atoms with Crippen LogP contribution in [-0.4, -0.2) is 17.8 Å². The molecule has 184 valence electrons. The number of hydrogen-bond donors (Lipinski definition) is 1. The van der Waals surface area contributed by atoms with E-state index in [0.717, 1.165) is 32.4 Å². The van der Waals surface area contributed by atoms with Crippen molar-refractivity contribution in [2.45, 2.75) is 20.5 Å². The number of nitrogens with zero attached hydrogens (tertiary/aromatic N) is 1. The van der Waals surface area contributed by atoms with Gasteiger partial charge in [0.25, 0.3) is 11.8 Å². The third kappa shape index (κ3) is 4.71. The second-order valence-electron chi connectivity index (χ2n) is 8.86. The predicted molar refractivity (Wildman–Crippen MR) is 140 cm³/mol. The lowest BCUT2D eigenvalue weighted by molar-refractivity contribution is -0.122. The van der Waals surface area contributed by atoms with Gasteiger partial charge in [0.1, 0.15) is 23.7 Å². The summed E-state index contributed by atoms with van der Waals surface area (Å²) in [4.78, 5) is 40.2. The zero-order valence-electron chi connectivity index (χ0n) is 20.2. The molecule has 0 aromatic heterocycles. The Hall–Kier alpha value is -4.78. The van der Waals surface area contributed by atoms with E-state index in [-0.39, 0.29) is 18.0 Å². The highest BCUT2D eigenvalue weighted by Crippen LogP contribution is 2.33. The van der Waals surface area contributed by atoms with Crippen LogP contribution in [0.2, 0.25) is 0 Å². The molecule has 0 aliphatic carbocycles. The van der Waals surface area contributed by atoms with Crippen LogP contribution < -0.4 is 15.0 Å². The third-order valence-corrected chi connectivity index (χ3v) is 6.23. The summed E-state index contributed by atoms with van der Waals surface area (Å²) in [5.41, 5.74) is 3.08. The van der Waals surface area contributed by atoms with Crippen LogP contribution in [0, 0.1) is 19.7 Å². The molecule has 0 atom stereocenters. The fourth-order valence-corrected chi connectivity index (χ4v) is 4.27. The van der Waals surface area contributed by atoms with E-state index in [2.05, 4.69) is 5.32 Å². The van der Waals surface area contributed by atoms with E-state index in [0.29, 0.717) is 17.0 Å². The van der Waals surface area contributed by atoms with Crippen LogP contribution in [0.4, 0.5) is 14.9 Å². The van der Waals surface area contributed by atoms with Crippen molar-refractivity contribution in [1.82, 2.24) is 5.32 Å². The first-order chi connectivity index (χ1) is 17.8. The van der Waals surface area contributed by atoms with Gasteiger partial charge in [-0.15, -0.1) is 0 Å². The number of fused-ring (bicyclic) bond motifs is 1. The molecule has 0 spiro atoms. The van der Waals surface area contributed by atoms with Crippen molar-refractivity contribution in [2.75, 3.05) is 4.90 Å². The van der Waals surface area contributed by atoms with E-state index < -0.39 is 17.8 Å². The third-order valence-electron chi connectivity index (χ3n) is 6.23. The van der Waals surface area contributed by atoms with Crippen LogP contribution in [0.15, 0.2) is 84.4 Å². The van der Waals surface area contributed by atoms with Crippen molar-refractivity contribution < 1.29 is 23.5 Å². The van der Waals surface area contributed by atoms with E-state index >= 15 is 0 Å². The number of barbiturate groups is 1. The summed E-state index contributed by atoms with van der Waals surface area (Å²) in [5.74, 6) is -1.41. The topological polar surface area (TPSA) is 75.7 Å². The van der Waals surface area contributed by atoms with Crippen molar-refractivity contribution in [1.29, 1.82) is 0 Å². The number of amides is 4. The molecule has 4 amide bonds. The maximum Gasteiger partial charge on any atom is 0.335 e. The number of anilines is 1. The Balaban J connectivity index is 1.59. The first-order valence-electron chi connectivity index (χ1n) is 11.7. The average molecular weight is 495 g/mol. The summed E-state index contributed by atoms with van der Waals surface area (Å²) in [6.07, 6.45) is 1.46. The average Bonchev–Trinajstić information content (AvgIpc) is 2.88. The minimum absolute atomic E-state index is 0.155. The summed E-state index contributed by atoms with van der Waals surface area (Å²) in [6.45, 7) is 3.81. The molecule has 0 saturated carbocycles. The lowest BCUT2D eigenvalue weighted by Gasteiger charge is -2.28. The standard InChI is InChI=1S/C30H23FN2O4/c1-18-7-8-19(2)26(15-18)33-29(35)25(28(34)32-30(33)36)16-24-23-6-4-3-5-21(23)11-14-27(24)37-17-20-9-12-22(31)13-10-20/h3-16H,17H2,1-2H3,(H,32,34,36)/b25-16+. The van der Waals surface area contributed by atoms with Gasteiger partial charge in [-0.1, -0.05) is 54.6 Å². The minimum atomic E-state index is -0.799. The summed E-state index contributed by atoms with van der Waals surface area (Å²) < 4.78 is 19.4. The molecule has 1 N–H and O–H groups in total. The summed E-state index contributed by atoms with van der Waals surface area (Å²) in [5, 5.41) is 3.94. The van der Waals surface area contributed by atoms with Crippen LogP contribution >= 0.6 is 0 Å². The highest BCUT2D eigenvalue weighted by Gasteiger charge is 2.37. The van der Waals surface area contributed by atoms with E-state index in [1.54, 1.807) is 31.2 Å². The van der Waals surface area contributed by atoms with Gasteiger partial charge in [0.05, 0.1) is 5.69 Å². The van der Waals surface area contributed by atoms with Gasteiger partial charge in [-0.05, 0) is 71.7 Å². The molecular formula is C30H23FN2O4. The second-order valence-corrected chi connectivity index (χ2v) is 8.86. The maximum absolute atomic E-state index is 13.6. The Bertz CT molecular complexity index is 1590. The van der Waals surface area contributed by atoms with Crippen LogP contribution in [0.3, 0.4) is 0 Å². The maximum atomic E-state index is 13.6. The molecular weight excluding hydrogens is 471 g/mol.